The van der Waals surface area contributed by atoms with E-state index in [0.717, 1.165) is 0 Å². The van der Waals surface area contributed by atoms with E-state index in [4.69, 9.17) is 0 Å². The number of pyridine rings is 1. The van der Waals surface area contributed by atoms with Gasteiger partial charge in [-0.3, -0.25) is 4.98 Å². The lowest BCUT2D eigenvalue weighted by atomic mass is 9.76. The maximum absolute atomic E-state index is 4.23. The van der Waals surface area contributed by atoms with Crippen LogP contribution in [0.25, 0.3) is 0 Å². The van der Waals surface area contributed by atoms with Crippen LogP contribution in [0.5, 0.6) is 0 Å². The van der Waals surface area contributed by atoms with Crippen LogP contribution in [0.4, 0.5) is 0 Å². The lowest BCUT2D eigenvalue weighted by Gasteiger charge is -2.29. The Morgan fingerprint density at radius 3 is 1.71 bits per heavy atom. The molecule has 0 saturated carbocycles. The van der Waals surface area contributed by atoms with E-state index in [9.17, 15) is 0 Å². The molecular weight excluding hydrogens is 170 g/mol. The first-order valence-corrected chi connectivity index (χ1v) is 5.18. The van der Waals surface area contributed by atoms with Crippen molar-refractivity contribution < 1.29 is 0 Å². The van der Waals surface area contributed by atoms with Crippen LogP contribution in [-0.2, 0) is 10.8 Å². The van der Waals surface area contributed by atoms with Gasteiger partial charge in [0.05, 0.1) is 0 Å². The summed E-state index contributed by atoms with van der Waals surface area (Å²) in [6.45, 7) is 13.4. The fourth-order valence-electron chi connectivity index (χ4n) is 1.65. The van der Waals surface area contributed by atoms with E-state index in [1.165, 1.54) is 11.1 Å². The molecule has 0 aliphatic heterocycles. The van der Waals surface area contributed by atoms with Crippen LogP contribution in [0.15, 0.2) is 18.5 Å². The van der Waals surface area contributed by atoms with Crippen LogP contribution in [0.1, 0.15) is 52.7 Å². The first kappa shape index (κ1) is 11.2. The quantitative estimate of drug-likeness (QED) is 0.609. The van der Waals surface area contributed by atoms with Crippen LogP contribution in [0, 0.1) is 0 Å². The summed E-state index contributed by atoms with van der Waals surface area (Å²) in [6, 6.07) is 2.14. The molecule has 0 N–H and O–H groups in total. The molecule has 1 nitrogen and oxygen atoms in total. The molecule has 1 aromatic heterocycles. The summed E-state index contributed by atoms with van der Waals surface area (Å²) >= 11 is 0. The van der Waals surface area contributed by atoms with E-state index in [-0.39, 0.29) is 10.8 Å². The van der Waals surface area contributed by atoms with Gasteiger partial charge in [0.1, 0.15) is 0 Å². The molecule has 0 fully saturated rings. The van der Waals surface area contributed by atoms with Gasteiger partial charge in [-0.25, -0.2) is 0 Å². The second kappa shape index (κ2) is 3.38. The molecule has 1 aromatic rings. The highest BCUT2D eigenvalue weighted by atomic mass is 14.6. The normalized spacial score (nSPS) is 13.0. The summed E-state index contributed by atoms with van der Waals surface area (Å²) in [6.07, 6.45) is 3.89. The van der Waals surface area contributed by atoms with Gasteiger partial charge in [0, 0.05) is 12.4 Å². The average molecular weight is 191 g/mol. The molecule has 0 saturated heterocycles. The Morgan fingerprint density at radius 2 is 1.36 bits per heavy atom. The number of rotatable bonds is 0. The van der Waals surface area contributed by atoms with Crippen LogP contribution >= 0.6 is 0 Å². The van der Waals surface area contributed by atoms with E-state index in [2.05, 4.69) is 52.6 Å². The van der Waals surface area contributed by atoms with Gasteiger partial charge < -0.3 is 0 Å². The van der Waals surface area contributed by atoms with Gasteiger partial charge in [-0.1, -0.05) is 41.5 Å². The molecular formula is C13H21N. The Morgan fingerprint density at radius 1 is 0.857 bits per heavy atom. The zero-order valence-electron chi connectivity index (χ0n) is 10.2. The fraction of sp³-hybridized carbons (Fsp3) is 0.615. The molecule has 0 atom stereocenters. The summed E-state index contributed by atoms with van der Waals surface area (Å²) in [5.74, 6) is 0. The SMILES string of the molecule is CC(C)(C)c1ccncc1C(C)(C)C. The zero-order valence-corrected chi connectivity index (χ0v) is 10.2. The monoisotopic (exact) mass is 191 g/mol. The highest BCUT2D eigenvalue weighted by molar-refractivity contribution is 5.34. The maximum Gasteiger partial charge on any atom is 0.0308 e. The van der Waals surface area contributed by atoms with Crippen LogP contribution < -0.4 is 0 Å². The molecule has 1 heteroatoms. The molecule has 0 aliphatic rings. The summed E-state index contributed by atoms with van der Waals surface area (Å²) in [7, 11) is 0. The molecule has 78 valence electrons. The standard InChI is InChI=1S/C13H21N/c1-12(2,3)10-7-8-14-9-11(10)13(4,5)6/h7-9H,1-6H3. The molecule has 1 heterocycles. The third-order valence-electron chi connectivity index (χ3n) is 2.44. The average Bonchev–Trinajstić information content (AvgIpc) is 2.01. The first-order chi connectivity index (χ1) is 6.23. The van der Waals surface area contributed by atoms with E-state index < -0.39 is 0 Å². The van der Waals surface area contributed by atoms with Crippen molar-refractivity contribution in [3.8, 4) is 0 Å². The molecule has 0 spiro atoms. The molecule has 0 unspecified atom stereocenters. The minimum atomic E-state index is 0.177. The third-order valence-corrected chi connectivity index (χ3v) is 2.44. The number of aromatic nitrogens is 1. The Kier molecular flexibility index (Phi) is 2.71. The molecule has 0 aromatic carbocycles. The number of nitrogens with zero attached hydrogens (tertiary/aromatic N) is 1. The van der Waals surface area contributed by atoms with Crippen molar-refractivity contribution in [2.45, 2.75) is 52.4 Å². The van der Waals surface area contributed by atoms with Crippen molar-refractivity contribution in [3.05, 3.63) is 29.6 Å². The van der Waals surface area contributed by atoms with Gasteiger partial charge >= 0.3 is 0 Å². The van der Waals surface area contributed by atoms with Gasteiger partial charge in [0.2, 0.25) is 0 Å². The molecule has 1 rings (SSSR count). The van der Waals surface area contributed by atoms with Crippen molar-refractivity contribution in [3.63, 3.8) is 0 Å². The number of hydrogen-bond donors (Lipinski definition) is 0. The van der Waals surface area contributed by atoms with E-state index in [0.29, 0.717) is 0 Å². The summed E-state index contributed by atoms with van der Waals surface area (Å²) in [4.78, 5) is 4.23. The van der Waals surface area contributed by atoms with Crippen molar-refractivity contribution >= 4 is 0 Å². The molecule has 0 bridgehead atoms. The van der Waals surface area contributed by atoms with E-state index >= 15 is 0 Å². The van der Waals surface area contributed by atoms with Gasteiger partial charge in [-0.2, -0.15) is 0 Å². The van der Waals surface area contributed by atoms with Gasteiger partial charge in [0.15, 0.2) is 0 Å². The summed E-state index contributed by atoms with van der Waals surface area (Å²) in [5.41, 5.74) is 3.13. The van der Waals surface area contributed by atoms with Crippen molar-refractivity contribution in [1.82, 2.24) is 4.98 Å². The highest BCUT2D eigenvalue weighted by Crippen LogP contribution is 2.32. The Balaban J connectivity index is 3.31. The lowest BCUT2D eigenvalue weighted by molar-refractivity contribution is 0.527. The Hall–Kier alpha value is -0.850. The van der Waals surface area contributed by atoms with Crippen LogP contribution in [-0.4, -0.2) is 4.98 Å². The van der Waals surface area contributed by atoms with E-state index in [1.807, 2.05) is 12.4 Å². The van der Waals surface area contributed by atoms with E-state index in [1.54, 1.807) is 0 Å². The summed E-state index contributed by atoms with van der Waals surface area (Å²) < 4.78 is 0. The minimum Gasteiger partial charge on any atom is -0.264 e. The molecule has 14 heavy (non-hydrogen) atoms. The van der Waals surface area contributed by atoms with Crippen LogP contribution in [0.3, 0.4) is 0 Å². The lowest BCUT2D eigenvalue weighted by Crippen LogP contribution is -2.22. The van der Waals surface area contributed by atoms with Gasteiger partial charge in [-0.05, 0) is 28.0 Å². The molecule has 0 aliphatic carbocycles. The minimum absolute atomic E-state index is 0.177. The zero-order chi connectivity index (χ0) is 11.0. The van der Waals surface area contributed by atoms with Crippen molar-refractivity contribution in [2.24, 2.45) is 0 Å². The van der Waals surface area contributed by atoms with Crippen LogP contribution in [0.2, 0.25) is 0 Å². The van der Waals surface area contributed by atoms with Gasteiger partial charge in [-0.15, -0.1) is 0 Å². The maximum atomic E-state index is 4.23. The summed E-state index contributed by atoms with van der Waals surface area (Å²) in [5, 5.41) is 0. The fourth-order valence-corrected chi connectivity index (χ4v) is 1.65. The second-order valence-corrected chi connectivity index (χ2v) is 5.92. The first-order valence-electron chi connectivity index (χ1n) is 5.18. The van der Waals surface area contributed by atoms with Crippen molar-refractivity contribution in [2.75, 3.05) is 0 Å². The molecule has 0 amide bonds. The Bertz CT molecular complexity index is 280. The largest absolute Gasteiger partial charge is 0.264 e. The second-order valence-electron chi connectivity index (χ2n) is 5.92. The molecule has 0 radical (unpaired) electrons. The highest BCUT2D eigenvalue weighted by Gasteiger charge is 2.24. The topological polar surface area (TPSA) is 12.9 Å². The van der Waals surface area contributed by atoms with Gasteiger partial charge in [0.25, 0.3) is 0 Å². The predicted molar refractivity (Wildman–Crippen MR) is 61.6 cm³/mol. The number of hydrogen-bond acceptors (Lipinski definition) is 1. The smallest absolute Gasteiger partial charge is 0.0308 e. The predicted octanol–water partition coefficient (Wildman–Crippen LogP) is 3.68. The Labute approximate surface area is 87.6 Å². The van der Waals surface area contributed by atoms with Crippen molar-refractivity contribution in [1.29, 1.82) is 0 Å². The third kappa shape index (κ3) is 2.34.